The van der Waals surface area contributed by atoms with E-state index in [1.807, 2.05) is 33.0 Å². The van der Waals surface area contributed by atoms with Gasteiger partial charge >= 0.3 is 0 Å². The van der Waals surface area contributed by atoms with Crippen LogP contribution >= 0.6 is 22.9 Å². The Labute approximate surface area is 212 Å². The molecule has 0 radical (unpaired) electrons. The summed E-state index contributed by atoms with van der Waals surface area (Å²) in [5.74, 6) is 0.491. The fourth-order valence-corrected chi connectivity index (χ4v) is 5.23. The molecule has 35 heavy (non-hydrogen) atoms. The minimum atomic E-state index is -3.32. The number of hydrogen-bond donors (Lipinski definition) is 1. The number of nitrogens with one attached hydrogen (secondary N) is 1. The molecule has 8 nitrogen and oxygen atoms in total. The highest BCUT2D eigenvalue weighted by molar-refractivity contribution is 7.91. The largest absolute Gasteiger partial charge is 0.435 e. The van der Waals surface area contributed by atoms with Gasteiger partial charge in [-0.3, -0.25) is 9.48 Å². The molecule has 1 N–H and O–H groups in total. The van der Waals surface area contributed by atoms with Crippen molar-refractivity contribution in [2.75, 3.05) is 11.6 Å². The Balaban J connectivity index is 1.59. The number of aromatic nitrogens is 3. The van der Waals surface area contributed by atoms with Gasteiger partial charge in [-0.25, -0.2) is 13.4 Å². The van der Waals surface area contributed by atoms with Gasteiger partial charge in [-0.05, 0) is 62.9 Å². The molecule has 0 saturated carbocycles. The SMILES string of the molecule is Cc1nn(C)c(C)c1Oc1cc(NC(=O)c2cc3cc(C(C)(C)S(C)(=O)=O)ccc3s2)cc(Cl)n1. The van der Waals surface area contributed by atoms with Gasteiger partial charge in [0.15, 0.2) is 15.6 Å². The van der Waals surface area contributed by atoms with E-state index in [0.29, 0.717) is 27.6 Å². The predicted molar refractivity (Wildman–Crippen MR) is 140 cm³/mol. The van der Waals surface area contributed by atoms with Crippen molar-refractivity contribution >= 4 is 54.5 Å². The van der Waals surface area contributed by atoms with Crippen LogP contribution in [0.25, 0.3) is 10.1 Å². The number of pyridine rings is 1. The number of aryl methyl sites for hydroxylation is 2. The van der Waals surface area contributed by atoms with E-state index in [1.165, 1.54) is 23.7 Å². The number of sulfone groups is 1. The lowest BCUT2D eigenvalue weighted by molar-refractivity contribution is 0.103. The van der Waals surface area contributed by atoms with Gasteiger partial charge in [-0.1, -0.05) is 17.7 Å². The number of carbonyl (C=O) groups excluding carboxylic acids is 1. The second-order valence-electron chi connectivity index (χ2n) is 8.84. The highest BCUT2D eigenvalue weighted by atomic mass is 35.5. The van der Waals surface area contributed by atoms with Crippen molar-refractivity contribution in [1.82, 2.24) is 14.8 Å². The van der Waals surface area contributed by atoms with E-state index in [-0.39, 0.29) is 16.9 Å². The van der Waals surface area contributed by atoms with Crippen LogP contribution in [0, 0.1) is 13.8 Å². The molecular formula is C24H25ClN4O4S2. The first kappa shape index (κ1) is 25.2. The first-order valence-electron chi connectivity index (χ1n) is 10.7. The Morgan fingerprint density at radius 3 is 2.51 bits per heavy atom. The molecule has 3 heterocycles. The third-order valence-corrected chi connectivity index (χ3v) is 9.44. The molecule has 0 unspecified atom stereocenters. The van der Waals surface area contributed by atoms with Crippen molar-refractivity contribution in [3.05, 3.63) is 63.4 Å². The number of hydrogen-bond acceptors (Lipinski definition) is 7. The molecule has 3 aromatic heterocycles. The molecule has 0 aliphatic heterocycles. The maximum atomic E-state index is 13.0. The van der Waals surface area contributed by atoms with Crippen LogP contribution in [0.5, 0.6) is 11.6 Å². The lowest BCUT2D eigenvalue weighted by Crippen LogP contribution is -2.27. The van der Waals surface area contributed by atoms with Crippen LogP contribution in [0.2, 0.25) is 5.15 Å². The van der Waals surface area contributed by atoms with Crippen molar-refractivity contribution < 1.29 is 17.9 Å². The topological polar surface area (TPSA) is 103 Å². The molecule has 4 rings (SSSR count). The predicted octanol–water partition coefficient (Wildman–Crippen LogP) is 5.62. The minimum absolute atomic E-state index is 0.168. The van der Waals surface area contributed by atoms with E-state index in [0.717, 1.165) is 15.8 Å². The number of carbonyl (C=O) groups is 1. The number of ether oxygens (including phenoxy) is 1. The van der Waals surface area contributed by atoms with E-state index < -0.39 is 14.6 Å². The van der Waals surface area contributed by atoms with E-state index in [4.69, 9.17) is 16.3 Å². The van der Waals surface area contributed by atoms with Crippen molar-refractivity contribution in [3.63, 3.8) is 0 Å². The fourth-order valence-electron chi connectivity index (χ4n) is 3.54. The van der Waals surface area contributed by atoms with E-state index >= 15 is 0 Å². The number of rotatable bonds is 6. The summed E-state index contributed by atoms with van der Waals surface area (Å²) < 4.78 is 31.9. The van der Waals surface area contributed by atoms with Crippen LogP contribution < -0.4 is 10.1 Å². The highest BCUT2D eigenvalue weighted by Gasteiger charge is 2.32. The molecule has 184 valence electrons. The van der Waals surface area contributed by atoms with Crippen LogP contribution in [0.4, 0.5) is 5.69 Å². The number of nitrogens with zero attached hydrogens (tertiary/aromatic N) is 3. The smallest absolute Gasteiger partial charge is 0.265 e. The normalized spacial score (nSPS) is 12.2. The molecule has 11 heteroatoms. The van der Waals surface area contributed by atoms with Gasteiger partial charge in [0, 0.05) is 29.8 Å². The summed E-state index contributed by atoms with van der Waals surface area (Å²) in [6, 6.07) is 10.3. The Hall–Kier alpha value is -2.95. The van der Waals surface area contributed by atoms with Gasteiger partial charge in [0.1, 0.15) is 10.8 Å². The van der Waals surface area contributed by atoms with Crippen LogP contribution in [-0.4, -0.2) is 35.3 Å². The number of amides is 1. The number of anilines is 1. The number of thiophene rings is 1. The lowest BCUT2D eigenvalue weighted by atomic mass is 10.0. The molecule has 0 aliphatic rings. The van der Waals surface area contributed by atoms with Crippen molar-refractivity contribution in [2.24, 2.45) is 7.05 Å². The molecule has 0 spiro atoms. The molecule has 0 bridgehead atoms. The van der Waals surface area contributed by atoms with E-state index in [9.17, 15) is 13.2 Å². The van der Waals surface area contributed by atoms with Crippen LogP contribution in [-0.2, 0) is 21.6 Å². The second-order valence-corrected chi connectivity index (χ2v) is 12.9. The zero-order valence-corrected chi connectivity index (χ0v) is 22.5. The summed E-state index contributed by atoms with van der Waals surface area (Å²) in [7, 11) is -1.50. The fraction of sp³-hybridized carbons (Fsp3) is 0.292. The van der Waals surface area contributed by atoms with Crippen LogP contribution in [0.15, 0.2) is 36.4 Å². The van der Waals surface area contributed by atoms with Gasteiger partial charge in [0.2, 0.25) is 5.88 Å². The first-order valence-corrected chi connectivity index (χ1v) is 13.8. The summed E-state index contributed by atoms with van der Waals surface area (Å²) in [4.78, 5) is 17.7. The maximum Gasteiger partial charge on any atom is 0.265 e. The van der Waals surface area contributed by atoms with Gasteiger partial charge in [0.25, 0.3) is 5.91 Å². The summed E-state index contributed by atoms with van der Waals surface area (Å²) in [5, 5.41) is 8.13. The summed E-state index contributed by atoms with van der Waals surface area (Å²) >= 11 is 7.50. The lowest BCUT2D eigenvalue weighted by Gasteiger charge is -2.23. The Morgan fingerprint density at radius 1 is 1.17 bits per heavy atom. The van der Waals surface area contributed by atoms with Crippen LogP contribution in [0.3, 0.4) is 0 Å². The summed E-state index contributed by atoms with van der Waals surface area (Å²) in [6.45, 7) is 7.06. The molecule has 0 atom stereocenters. The second kappa shape index (κ2) is 8.92. The minimum Gasteiger partial charge on any atom is -0.435 e. The zero-order valence-electron chi connectivity index (χ0n) is 20.1. The van der Waals surface area contributed by atoms with Crippen LogP contribution in [0.1, 0.15) is 40.5 Å². The Bertz CT molecular complexity index is 1570. The summed E-state index contributed by atoms with van der Waals surface area (Å²) in [5.41, 5.74) is 2.64. The first-order chi connectivity index (χ1) is 16.3. The zero-order chi connectivity index (χ0) is 25.7. The third kappa shape index (κ3) is 4.91. The molecule has 1 aromatic carbocycles. The molecule has 4 aromatic rings. The molecule has 0 aliphatic carbocycles. The quantitative estimate of drug-likeness (QED) is 0.323. The van der Waals surface area contributed by atoms with E-state index in [1.54, 1.807) is 36.7 Å². The molecule has 1 amide bonds. The average molecular weight is 533 g/mol. The average Bonchev–Trinajstić information content (AvgIpc) is 3.28. The summed E-state index contributed by atoms with van der Waals surface area (Å²) in [6.07, 6.45) is 1.22. The third-order valence-electron chi connectivity index (χ3n) is 6.04. The molecule has 0 fully saturated rings. The van der Waals surface area contributed by atoms with Gasteiger partial charge in [-0.2, -0.15) is 5.10 Å². The van der Waals surface area contributed by atoms with Crippen molar-refractivity contribution in [2.45, 2.75) is 32.4 Å². The monoisotopic (exact) mass is 532 g/mol. The maximum absolute atomic E-state index is 13.0. The Kier molecular flexibility index (Phi) is 6.41. The van der Waals surface area contributed by atoms with Crippen molar-refractivity contribution in [3.8, 4) is 11.6 Å². The van der Waals surface area contributed by atoms with Gasteiger partial charge in [-0.15, -0.1) is 11.3 Å². The van der Waals surface area contributed by atoms with E-state index in [2.05, 4.69) is 15.4 Å². The molecular weight excluding hydrogens is 508 g/mol. The van der Waals surface area contributed by atoms with Gasteiger partial charge in [0.05, 0.1) is 15.3 Å². The number of benzene rings is 1. The standard InChI is InChI=1S/C24H25ClN4O4S2/c1-13-22(14(2)29(5)28-13)33-21-12-17(11-20(25)27-21)26-23(30)19-10-15-9-16(7-8-18(15)34-19)24(3,4)35(6,31)32/h7-12H,1-6H3,(H,26,27,30). The number of fused-ring (bicyclic) bond motifs is 1. The Morgan fingerprint density at radius 2 is 1.89 bits per heavy atom. The number of halogens is 1. The van der Waals surface area contributed by atoms with Crippen molar-refractivity contribution in [1.29, 1.82) is 0 Å². The molecule has 0 saturated heterocycles. The van der Waals surface area contributed by atoms with Gasteiger partial charge < -0.3 is 10.1 Å². The highest BCUT2D eigenvalue weighted by Crippen LogP contribution is 2.35.